The van der Waals surface area contributed by atoms with Crippen LogP contribution in [-0.4, -0.2) is 141 Å². The minimum absolute atomic E-state index is 0.0193. The van der Waals surface area contributed by atoms with Crippen LogP contribution in [0, 0.1) is 17.8 Å². The van der Waals surface area contributed by atoms with E-state index in [0.29, 0.717) is 36.9 Å². The molecule has 0 unspecified atom stereocenters. The topological polar surface area (TPSA) is 341 Å². The number of carbonyl (C=O) groups is 8. The van der Waals surface area contributed by atoms with Gasteiger partial charge in [0.05, 0.1) is 6.10 Å². The molecule has 1 heterocycles. The molecule has 4 aliphatic carbocycles. The number of primary amides is 1. The number of nitrogens with one attached hydrogen (secondary N) is 9. The maximum absolute atomic E-state index is 14.7. The predicted octanol–water partition coefficient (Wildman–Crippen LogP) is 0.656. The average Bonchev–Trinajstić information content (AvgIpc) is 3.81. The Morgan fingerprint density at radius 3 is 1.78 bits per heavy atom. The third kappa shape index (κ3) is 17.1. The Morgan fingerprint density at radius 1 is 0.675 bits per heavy atom. The average molecular weight is 1110 g/mol. The van der Waals surface area contributed by atoms with Gasteiger partial charge < -0.3 is 69.2 Å². The summed E-state index contributed by atoms with van der Waals surface area (Å²) < 4.78 is 0. The highest BCUT2D eigenvalue weighted by molar-refractivity contribution is 7.80. The number of hydrogen-bond donors (Lipinski definition) is 15. The number of phenolic OH excluding ortho intramolecular Hbond substituents is 1. The second-order valence-corrected chi connectivity index (χ2v) is 22.0. The number of phenols is 1. The van der Waals surface area contributed by atoms with E-state index in [9.17, 15) is 48.6 Å². The van der Waals surface area contributed by atoms with Crippen LogP contribution in [0.25, 0.3) is 10.9 Å². The molecule has 4 bridgehead atoms. The van der Waals surface area contributed by atoms with Crippen LogP contribution < -0.4 is 54.0 Å². The number of rotatable bonds is 31. The zero-order valence-electron chi connectivity index (χ0n) is 44.0. The number of aliphatic hydroxyl groups excluding tert-OH is 1. The van der Waals surface area contributed by atoms with E-state index in [1.807, 2.05) is 24.3 Å². The summed E-state index contributed by atoms with van der Waals surface area (Å²) in [5.74, 6) is -3.90. The summed E-state index contributed by atoms with van der Waals surface area (Å²) in [6, 6.07) is 4.39. The Morgan fingerprint density at radius 2 is 1.19 bits per heavy atom. The van der Waals surface area contributed by atoms with Gasteiger partial charge in [-0.3, -0.25) is 38.4 Å². The Kier molecular flexibility index (Phi) is 22.5. The Hall–Kier alpha value is -5.88. The number of aromatic nitrogens is 1. The van der Waals surface area contributed by atoms with E-state index in [4.69, 9.17) is 11.5 Å². The number of amides is 8. The summed E-state index contributed by atoms with van der Waals surface area (Å²) in [5.41, 5.74) is 13.3. The molecule has 1 aromatic heterocycles. The number of nitrogens with two attached hydrogens (primary N) is 2. The monoisotopic (exact) mass is 1110 g/mol. The van der Waals surface area contributed by atoms with Gasteiger partial charge in [0.25, 0.3) is 0 Å². The van der Waals surface area contributed by atoms with Gasteiger partial charge in [0.15, 0.2) is 0 Å². The van der Waals surface area contributed by atoms with Gasteiger partial charge >= 0.3 is 0 Å². The first-order chi connectivity index (χ1) is 36.8. The Bertz CT molecular complexity index is 2490. The minimum atomic E-state index is -1.45. The van der Waals surface area contributed by atoms with E-state index in [2.05, 4.69) is 72.8 Å². The summed E-state index contributed by atoms with van der Waals surface area (Å²) in [5, 5.41) is 43.3. The van der Waals surface area contributed by atoms with Gasteiger partial charge in [0.1, 0.15) is 48.0 Å². The summed E-state index contributed by atoms with van der Waals surface area (Å²) in [6.45, 7) is 3.84. The van der Waals surface area contributed by atoms with E-state index in [1.54, 1.807) is 25.3 Å². The normalized spacial score (nSPS) is 21.5. The fraction of sp³-hybridized carbons (Fsp3) is 0.593. The highest BCUT2D eigenvalue weighted by Gasteiger charge is 2.50. The number of unbranched alkanes of at least 4 members (excludes halogenated alkanes) is 1. The second kappa shape index (κ2) is 28.7. The lowest BCUT2D eigenvalue weighted by molar-refractivity contribution is -0.135. The summed E-state index contributed by atoms with van der Waals surface area (Å²) in [7, 11) is 0. The van der Waals surface area contributed by atoms with Gasteiger partial charge in [-0.25, -0.2) is 0 Å². The van der Waals surface area contributed by atoms with Gasteiger partial charge in [0, 0.05) is 53.4 Å². The van der Waals surface area contributed by atoms with Gasteiger partial charge in [-0.2, -0.15) is 25.3 Å². The van der Waals surface area contributed by atoms with Crippen molar-refractivity contribution in [2.75, 3.05) is 24.6 Å². The molecule has 4 fully saturated rings. The molecular formula is C54H79N11O10S2. The van der Waals surface area contributed by atoms with Gasteiger partial charge in [-0.05, 0) is 138 Å². The first-order valence-electron chi connectivity index (χ1n) is 26.9. The zero-order valence-corrected chi connectivity index (χ0v) is 45.8. The molecule has 3 aromatic rings. The maximum Gasteiger partial charge on any atom is 0.244 e. The van der Waals surface area contributed by atoms with Crippen molar-refractivity contribution >= 4 is 83.4 Å². The van der Waals surface area contributed by atoms with Crippen molar-refractivity contribution in [1.29, 1.82) is 0 Å². The smallest absolute Gasteiger partial charge is 0.244 e. The van der Waals surface area contributed by atoms with Crippen LogP contribution in [0.4, 0.5) is 0 Å². The summed E-state index contributed by atoms with van der Waals surface area (Å²) in [4.78, 5) is 113. The molecule has 8 atom stereocenters. The van der Waals surface area contributed by atoms with Crippen LogP contribution >= 0.6 is 25.3 Å². The molecule has 21 nitrogen and oxygen atoms in total. The van der Waals surface area contributed by atoms with Crippen LogP contribution in [0.2, 0.25) is 0 Å². The van der Waals surface area contributed by atoms with Crippen molar-refractivity contribution in [3.63, 3.8) is 0 Å². The van der Waals surface area contributed by atoms with Crippen molar-refractivity contribution in [2.24, 2.45) is 29.2 Å². The van der Waals surface area contributed by atoms with Gasteiger partial charge in [-0.15, -0.1) is 0 Å². The molecule has 7 rings (SSSR count). The molecule has 0 aliphatic heterocycles. The van der Waals surface area contributed by atoms with Crippen molar-refractivity contribution < 1.29 is 48.6 Å². The van der Waals surface area contributed by atoms with E-state index in [1.165, 1.54) is 57.6 Å². The molecule has 23 heteroatoms. The molecule has 0 spiro atoms. The molecule has 0 saturated heterocycles. The zero-order chi connectivity index (χ0) is 55.8. The van der Waals surface area contributed by atoms with E-state index >= 15 is 0 Å². The molecule has 2 aromatic carbocycles. The number of aliphatic hydroxyl groups is 1. The van der Waals surface area contributed by atoms with Gasteiger partial charge in [-0.1, -0.05) is 37.3 Å². The number of H-pyrrole nitrogens is 1. The summed E-state index contributed by atoms with van der Waals surface area (Å²) >= 11 is 8.57. The van der Waals surface area contributed by atoms with Crippen molar-refractivity contribution in [3.8, 4) is 5.75 Å². The number of para-hydroxylation sites is 1. The Balaban J connectivity index is 1.16. The molecular weight excluding hydrogens is 1030 g/mol. The third-order valence-electron chi connectivity index (χ3n) is 15.2. The largest absolute Gasteiger partial charge is 0.508 e. The molecule has 4 saturated carbocycles. The quantitative estimate of drug-likeness (QED) is 0.0312. The summed E-state index contributed by atoms with van der Waals surface area (Å²) in [6.07, 6.45) is 9.51. The van der Waals surface area contributed by atoms with Crippen LogP contribution in [-0.2, 0) is 51.2 Å². The molecule has 15 N–H and O–H groups in total. The number of carbonyl (C=O) groups excluding carboxylic acids is 8. The molecule has 77 heavy (non-hydrogen) atoms. The van der Waals surface area contributed by atoms with Gasteiger partial charge in [0.2, 0.25) is 47.3 Å². The van der Waals surface area contributed by atoms with Crippen LogP contribution in [0.3, 0.4) is 0 Å². The van der Waals surface area contributed by atoms with Crippen LogP contribution in [0.15, 0.2) is 54.7 Å². The molecule has 8 amide bonds. The number of fused-ring (bicyclic) bond motifs is 1. The molecule has 0 radical (unpaired) electrons. The van der Waals surface area contributed by atoms with E-state index in [0.717, 1.165) is 28.7 Å². The third-order valence-corrected chi connectivity index (χ3v) is 15.9. The Labute approximate surface area is 460 Å². The van der Waals surface area contributed by atoms with E-state index in [-0.39, 0.29) is 67.4 Å². The van der Waals surface area contributed by atoms with Crippen molar-refractivity contribution in [3.05, 3.63) is 65.9 Å². The maximum atomic E-state index is 14.7. The lowest BCUT2D eigenvalue weighted by Gasteiger charge is -2.57. The van der Waals surface area contributed by atoms with Crippen molar-refractivity contribution in [1.82, 2.24) is 47.5 Å². The fourth-order valence-corrected chi connectivity index (χ4v) is 12.1. The van der Waals surface area contributed by atoms with E-state index < -0.39 is 89.7 Å². The second-order valence-electron chi connectivity index (χ2n) is 21.3. The number of hydrogen-bond acceptors (Lipinski definition) is 14. The van der Waals surface area contributed by atoms with Crippen LogP contribution in [0.5, 0.6) is 5.75 Å². The lowest BCUT2D eigenvalue weighted by atomic mass is 9.53. The number of thiol groups is 2. The van der Waals surface area contributed by atoms with Crippen molar-refractivity contribution in [2.45, 2.75) is 158 Å². The SMILES string of the molecule is CC[C@H](NC(=O)[C@H](CCCCN)NC(=O)[C@@H](Cc1c[nH]c2ccccc12)NC(=O)[C@H](Cc1ccc(O)cc1)NC(=O)[C@H](CS)NC(=O)CCCNC12CC3CC(CC(C3)C1)C2)C(=O)N[C@@H](CS)C(=O)N[C@H](C(N)=O)[C@@H](C)O. The first kappa shape index (κ1) is 60.4. The predicted molar refractivity (Wildman–Crippen MR) is 297 cm³/mol. The molecule has 4 aliphatic rings. The number of aromatic hydroxyl groups is 1. The first-order valence-corrected chi connectivity index (χ1v) is 28.2. The standard InChI is InChI=1S/C54H79N11O10S2/c1-3-38(48(70)64-44(29-77)53(75)65-46(30(2)66)47(56)69)60-49(71)40(11-6-7-17-55)61-51(73)42(23-35-27-57-39-10-5-4-9-37(35)39)63-50(72)41(22-31-13-15-36(67)16-14-31)62-52(74)43(28-76)59-45(68)12-8-18-58-54-24-32-19-33(25-54)21-34(20-32)26-54/h4-5,9-10,13-16,27,30,32-34,38,40-44,46,57-58,66-67,76-77H,3,6-8,11-12,17-26,28-29,55H2,1-2H3,(H2,56,69)(H,59,68)(H,60,71)(H,61,73)(H,62,74)(H,63,72)(H,64,70)(H,65,75)/t30-,32?,33?,34?,38+,40+,41+,42-,43+,44+,46+,54?/m1/s1. The number of benzene rings is 2. The minimum Gasteiger partial charge on any atom is -0.508 e. The van der Waals surface area contributed by atoms with Crippen LogP contribution in [0.1, 0.15) is 102 Å². The number of aromatic amines is 1. The lowest BCUT2D eigenvalue weighted by Crippen LogP contribution is -2.61. The highest BCUT2D eigenvalue weighted by atomic mass is 32.1. The highest BCUT2D eigenvalue weighted by Crippen LogP contribution is 2.55. The molecule has 422 valence electrons. The fourth-order valence-electron chi connectivity index (χ4n) is 11.6.